The number of hydrogen-bond acceptors (Lipinski definition) is 3. The van der Waals surface area contributed by atoms with Gasteiger partial charge < -0.3 is 16.2 Å². The van der Waals surface area contributed by atoms with Crippen molar-refractivity contribution >= 4 is 11.9 Å². The van der Waals surface area contributed by atoms with Crippen LogP contribution in [0.1, 0.15) is 27.7 Å². The molecule has 0 aromatic carbocycles. The van der Waals surface area contributed by atoms with E-state index in [-0.39, 0.29) is 5.41 Å². The highest BCUT2D eigenvalue weighted by atomic mass is 16.4. The van der Waals surface area contributed by atoms with Gasteiger partial charge in [-0.3, -0.25) is 9.59 Å². The molecule has 0 rings (SSSR count). The molecule has 82 valence electrons. The lowest BCUT2D eigenvalue weighted by atomic mass is 9.87. The minimum absolute atomic E-state index is 0.373. The quantitative estimate of drug-likeness (QED) is 0.598. The normalized spacial score (nSPS) is 15.8. The third kappa shape index (κ3) is 3.74. The lowest BCUT2D eigenvalue weighted by Gasteiger charge is -2.26. The Morgan fingerprint density at radius 1 is 1.36 bits per heavy atom. The number of carboxylic acid groups (broad SMARTS) is 1. The van der Waals surface area contributed by atoms with Crippen molar-refractivity contribution in [1.82, 2.24) is 5.32 Å². The molecule has 5 nitrogen and oxygen atoms in total. The number of nitrogens with one attached hydrogen (secondary N) is 1. The second kappa shape index (κ2) is 4.41. The van der Waals surface area contributed by atoms with Gasteiger partial charge in [0.25, 0.3) is 0 Å². The fraction of sp³-hybridized carbons (Fsp3) is 0.778. The molecular weight excluding hydrogens is 184 g/mol. The molecule has 0 radical (unpaired) electrons. The summed E-state index contributed by atoms with van der Waals surface area (Å²) in [4.78, 5) is 21.9. The molecule has 0 spiro atoms. The van der Waals surface area contributed by atoms with E-state index < -0.39 is 24.0 Å². The lowest BCUT2D eigenvalue weighted by molar-refractivity contribution is -0.141. The predicted molar refractivity (Wildman–Crippen MR) is 52.7 cm³/mol. The van der Waals surface area contributed by atoms with E-state index >= 15 is 0 Å². The van der Waals surface area contributed by atoms with Gasteiger partial charge in [0.1, 0.15) is 6.04 Å². The molecule has 0 unspecified atom stereocenters. The van der Waals surface area contributed by atoms with Gasteiger partial charge in [0, 0.05) is 0 Å². The van der Waals surface area contributed by atoms with Crippen molar-refractivity contribution in [2.75, 3.05) is 0 Å². The SMILES string of the molecule is C[C@H](NC(=O)[C@@H](N)C(C)(C)C)C(=O)O. The molecule has 1 amide bonds. The number of carbonyl (C=O) groups excluding carboxylic acids is 1. The predicted octanol–water partition coefficient (Wildman–Crippen LogP) is -0.0509. The number of hydrogen-bond donors (Lipinski definition) is 3. The van der Waals surface area contributed by atoms with Gasteiger partial charge >= 0.3 is 5.97 Å². The third-order valence-corrected chi connectivity index (χ3v) is 1.94. The van der Waals surface area contributed by atoms with Gasteiger partial charge in [-0.25, -0.2) is 0 Å². The average molecular weight is 202 g/mol. The molecule has 2 atom stereocenters. The van der Waals surface area contributed by atoms with Crippen LogP contribution in [-0.2, 0) is 9.59 Å². The number of rotatable bonds is 3. The lowest BCUT2D eigenvalue weighted by Crippen LogP contribution is -2.52. The van der Waals surface area contributed by atoms with Gasteiger partial charge in [-0.1, -0.05) is 20.8 Å². The molecule has 0 aromatic heterocycles. The molecule has 0 aliphatic rings. The Kier molecular flexibility index (Phi) is 4.07. The highest BCUT2D eigenvalue weighted by Gasteiger charge is 2.29. The van der Waals surface area contributed by atoms with Crippen molar-refractivity contribution < 1.29 is 14.7 Å². The highest BCUT2D eigenvalue weighted by molar-refractivity contribution is 5.87. The van der Waals surface area contributed by atoms with E-state index in [4.69, 9.17) is 10.8 Å². The first-order valence-corrected chi connectivity index (χ1v) is 4.45. The summed E-state index contributed by atoms with van der Waals surface area (Å²) in [6, 6.07) is -1.61. The number of carboxylic acids is 1. The Hall–Kier alpha value is -1.10. The topological polar surface area (TPSA) is 92.4 Å². The summed E-state index contributed by atoms with van der Waals surface area (Å²) < 4.78 is 0. The number of amides is 1. The fourth-order valence-electron chi connectivity index (χ4n) is 0.758. The Bertz CT molecular complexity index is 233. The molecule has 14 heavy (non-hydrogen) atoms. The van der Waals surface area contributed by atoms with Gasteiger partial charge in [0.2, 0.25) is 5.91 Å². The van der Waals surface area contributed by atoms with Crippen LogP contribution in [0.2, 0.25) is 0 Å². The van der Waals surface area contributed by atoms with Crippen LogP contribution in [0.4, 0.5) is 0 Å². The van der Waals surface area contributed by atoms with Gasteiger partial charge in [-0.2, -0.15) is 0 Å². The molecule has 0 fully saturated rings. The fourth-order valence-corrected chi connectivity index (χ4v) is 0.758. The van der Waals surface area contributed by atoms with E-state index in [0.717, 1.165) is 0 Å². The van der Waals surface area contributed by atoms with Crippen molar-refractivity contribution in [3.05, 3.63) is 0 Å². The van der Waals surface area contributed by atoms with Crippen LogP contribution in [0.15, 0.2) is 0 Å². The maximum absolute atomic E-state index is 11.4. The molecule has 0 saturated carbocycles. The van der Waals surface area contributed by atoms with Crippen molar-refractivity contribution in [2.45, 2.75) is 39.8 Å². The maximum atomic E-state index is 11.4. The highest BCUT2D eigenvalue weighted by Crippen LogP contribution is 2.17. The zero-order chi connectivity index (χ0) is 11.5. The largest absolute Gasteiger partial charge is 0.480 e. The van der Waals surface area contributed by atoms with E-state index in [2.05, 4.69) is 5.32 Å². The van der Waals surface area contributed by atoms with E-state index in [0.29, 0.717) is 0 Å². The summed E-state index contributed by atoms with van der Waals surface area (Å²) in [6.07, 6.45) is 0. The maximum Gasteiger partial charge on any atom is 0.325 e. The van der Waals surface area contributed by atoms with Crippen LogP contribution in [-0.4, -0.2) is 29.1 Å². The molecule has 0 aromatic rings. The first-order valence-electron chi connectivity index (χ1n) is 4.45. The molecular formula is C9H18N2O3. The standard InChI is InChI=1S/C9H18N2O3/c1-5(8(13)14)11-7(12)6(10)9(2,3)4/h5-6H,10H2,1-4H3,(H,11,12)(H,13,14)/t5-,6+/m0/s1. The van der Waals surface area contributed by atoms with Gasteiger partial charge in [0.15, 0.2) is 0 Å². The van der Waals surface area contributed by atoms with Crippen LogP contribution in [0.3, 0.4) is 0 Å². The zero-order valence-corrected chi connectivity index (χ0v) is 9.00. The smallest absolute Gasteiger partial charge is 0.325 e. The summed E-state index contributed by atoms with van der Waals surface area (Å²) in [5.41, 5.74) is 5.27. The minimum atomic E-state index is -1.07. The number of nitrogens with two attached hydrogens (primary N) is 1. The molecule has 4 N–H and O–H groups in total. The summed E-state index contributed by atoms with van der Waals surface area (Å²) in [5, 5.41) is 10.9. The average Bonchev–Trinajstić information content (AvgIpc) is 2.00. The van der Waals surface area contributed by atoms with Crippen molar-refractivity contribution in [3.8, 4) is 0 Å². The van der Waals surface area contributed by atoms with Crippen LogP contribution in [0.25, 0.3) is 0 Å². The second-order valence-electron chi connectivity index (χ2n) is 4.41. The second-order valence-corrected chi connectivity index (χ2v) is 4.41. The number of carbonyl (C=O) groups is 2. The Morgan fingerprint density at radius 3 is 2.07 bits per heavy atom. The first-order chi connectivity index (χ1) is 6.16. The summed E-state index contributed by atoms with van der Waals surface area (Å²) in [5.74, 6) is -1.51. The van der Waals surface area contributed by atoms with E-state index in [1.807, 2.05) is 20.8 Å². The first kappa shape index (κ1) is 12.9. The van der Waals surface area contributed by atoms with E-state index in [1.54, 1.807) is 0 Å². The van der Waals surface area contributed by atoms with Crippen LogP contribution >= 0.6 is 0 Å². The monoisotopic (exact) mass is 202 g/mol. The van der Waals surface area contributed by atoms with Gasteiger partial charge in [-0.15, -0.1) is 0 Å². The van der Waals surface area contributed by atoms with E-state index in [1.165, 1.54) is 6.92 Å². The third-order valence-electron chi connectivity index (χ3n) is 1.94. The molecule has 0 aliphatic carbocycles. The van der Waals surface area contributed by atoms with Crippen LogP contribution in [0, 0.1) is 5.41 Å². The Labute approximate surface area is 83.7 Å². The molecule has 0 heterocycles. The van der Waals surface area contributed by atoms with Gasteiger partial charge in [0.05, 0.1) is 6.04 Å². The van der Waals surface area contributed by atoms with Crippen molar-refractivity contribution in [1.29, 1.82) is 0 Å². The Balaban J connectivity index is 4.29. The van der Waals surface area contributed by atoms with Crippen molar-refractivity contribution in [3.63, 3.8) is 0 Å². The molecule has 0 aliphatic heterocycles. The summed E-state index contributed by atoms with van der Waals surface area (Å²) in [6.45, 7) is 6.86. The summed E-state index contributed by atoms with van der Waals surface area (Å²) >= 11 is 0. The van der Waals surface area contributed by atoms with Crippen LogP contribution in [0.5, 0.6) is 0 Å². The Morgan fingerprint density at radius 2 is 1.79 bits per heavy atom. The zero-order valence-electron chi connectivity index (χ0n) is 9.00. The van der Waals surface area contributed by atoms with E-state index in [9.17, 15) is 9.59 Å². The molecule has 0 bridgehead atoms. The van der Waals surface area contributed by atoms with Crippen molar-refractivity contribution in [2.24, 2.45) is 11.1 Å². The molecule has 5 heteroatoms. The van der Waals surface area contributed by atoms with Crippen LogP contribution < -0.4 is 11.1 Å². The number of aliphatic carboxylic acids is 1. The molecule has 0 saturated heterocycles. The summed E-state index contributed by atoms with van der Waals surface area (Å²) in [7, 11) is 0. The minimum Gasteiger partial charge on any atom is -0.480 e. The van der Waals surface area contributed by atoms with Gasteiger partial charge in [-0.05, 0) is 12.3 Å².